The van der Waals surface area contributed by atoms with E-state index in [9.17, 15) is 13.2 Å². The van der Waals surface area contributed by atoms with E-state index in [1.54, 1.807) is 37.4 Å². The summed E-state index contributed by atoms with van der Waals surface area (Å²) in [5, 5.41) is 0. The molecule has 0 fully saturated rings. The number of halogens is 1. The minimum absolute atomic E-state index is 0.102. The number of rotatable bonds is 6. The average molecular weight is 484 g/mol. The zero-order valence-electron chi connectivity index (χ0n) is 16.3. The Morgan fingerprint density at radius 3 is 2.31 bits per heavy atom. The van der Waals surface area contributed by atoms with Crippen LogP contribution >= 0.6 is 15.9 Å². The van der Waals surface area contributed by atoms with Gasteiger partial charge in [-0.1, -0.05) is 15.9 Å². The van der Waals surface area contributed by atoms with Crippen molar-refractivity contribution in [1.82, 2.24) is 4.31 Å². The summed E-state index contributed by atoms with van der Waals surface area (Å²) in [6.07, 6.45) is 0.387. The van der Waals surface area contributed by atoms with Crippen LogP contribution in [0.3, 0.4) is 0 Å². The fraction of sp³-hybridized carbons (Fsp3) is 0.350. The molecule has 0 bridgehead atoms. The van der Waals surface area contributed by atoms with Crippen LogP contribution in [0.25, 0.3) is 0 Å². The highest BCUT2D eigenvalue weighted by Gasteiger charge is 2.38. The van der Waals surface area contributed by atoms with Gasteiger partial charge in [0.2, 0.25) is 10.0 Å². The molecule has 0 aromatic heterocycles. The molecule has 0 saturated carbocycles. The number of carbonyl (C=O) groups is 1. The first-order valence-electron chi connectivity index (χ1n) is 8.90. The van der Waals surface area contributed by atoms with E-state index >= 15 is 0 Å². The van der Waals surface area contributed by atoms with Gasteiger partial charge in [-0.05, 0) is 53.9 Å². The minimum Gasteiger partial charge on any atom is -0.493 e. The van der Waals surface area contributed by atoms with E-state index in [-0.39, 0.29) is 17.9 Å². The quantitative estimate of drug-likeness (QED) is 0.586. The lowest BCUT2D eigenvalue weighted by Gasteiger charge is -2.36. The zero-order chi connectivity index (χ0) is 21.2. The molecule has 1 heterocycles. The molecule has 0 aliphatic carbocycles. The molecule has 7 nitrogen and oxygen atoms in total. The summed E-state index contributed by atoms with van der Waals surface area (Å²) in [6.45, 7) is 0.239. The number of ether oxygens (including phenoxy) is 3. The first kappa shape index (κ1) is 21.6. The van der Waals surface area contributed by atoms with Crippen LogP contribution in [0.5, 0.6) is 11.5 Å². The SMILES string of the molecule is COC(=O)CC1c2cc(OC)c(OC)cc2CCN1S(=O)(=O)c1ccc(Br)cc1. The highest BCUT2D eigenvalue weighted by molar-refractivity contribution is 9.10. The summed E-state index contributed by atoms with van der Waals surface area (Å²) in [4.78, 5) is 12.3. The number of nitrogens with zero attached hydrogens (tertiary/aromatic N) is 1. The zero-order valence-corrected chi connectivity index (χ0v) is 18.7. The van der Waals surface area contributed by atoms with Gasteiger partial charge in [0.1, 0.15) is 0 Å². The highest BCUT2D eigenvalue weighted by Crippen LogP contribution is 2.41. The van der Waals surface area contributed by atoms with Gasteiger partial charge >= 0.3 is 5.97 Å². The lowest BCUT2D eigenvalue weighted by Crippen LogP contribution is -2.41. The third-order valence-electron chi connectivity index (χ3n) is 4.96. The lowest BCUT2D eigenvalue weighted by molar-refractivity contribution is -0.141. The Hall–Kier alpha value is -2.10. The van der Waals surface area contributed by atoms with Gasteiger partial charge in [0, 0.05) is 11.0 Å². The molecule has 156 valence electrons. The van der Waals surface area contributed by atoms with Gasteiger partial charge < -0.3 is 14.2 Å². The summed E-state index contributed by atoms with van der Waals surface area (Å²) in [6, 6.07) is 9.30. The topological polar surface area (TPSA) is 82.1 Å². The van der Waals surface area contributed by atoms with Crippen LogP contribution in [-0.4, -0.2) is 46.6 Å². The molecule has 0 saturated heterocycles. The van der Waals surface area contributed by atoms with E-state index < -0.39 is 22.0 Å². The van der Waals surface area contributed by atoms with E-state index in [1.807, 2.05) is 6.07 Å². The Kier molecular flexibility index (Phi) is 6.50. The molecule has 1 atom stereocenters. The fourth-order valence-electron chi connectivity index (χ4n) is 3.49. The summed E-state index contributed by atoms with van der Waals surface area (Å²) in [5.41, 5.74) is 1.62. The third kappa shape index (κ3) is 4.26. The Morgan fingerprint density at radius 2 is 1.72 bits per heavy atom. The highest BCUT2D eigenvalue weighted by atomic mass is 79.9. The van der Waals surface area contributed by atoms with E-state index in [0.29, 0.717) is 23.5 Å². The van der Waals surface area contributed by atoms with Gasteiger partial charge in [0.15, 0.2) is 11.5 Å². The van der Waals surface area contributed by atoms with Crippen molar-refractivity contribution in [3.05, 3.63) is 52.0 Å². The van der Waals surface area contributed by atoms with Gasteiger partial charge in [-0.15, -0.1) is 0 Å². The van der Waals surface area contributed by atoms with Crippen molar-refractivity contribution < 1.29 is 27.4 Å². The van der Waals surface area contributed by atoms with Gasteiger partial charge in [0.05, 0.1) is 38.7 Å². The number of benzene rings is 2. The number of carbonyl (C=O) groups excluding carboxylic acids is 1. The molecule has 2 aromatic carbocycles. The molecule has 0 amide bonds. The first-order valence-corrected chi connectivity index (χ1v) is 11.1. The van der Waals surface area contributed by atoms with Crippen LogP contribution in [0.2, 0.25) is 0 Å². The molecular weight excluding hydrogens is 462 g/mol. The fourth-order valence-corrected chi connectivity index (χ4v) is 5.36. The molecule has 29 heavy (non-hydrogen) atoms. The number of methoxy groups -OCH3 is 3. The Labute approximate surface area is 178 Å². The molecule has 0 spiro atoms. The first-order chi connectivity index (χ1) is 13.8. The van der Waals surface area contributed by atoms with Crippen molar-refractivity contribution in [2.45, 2.75) is 23.8 Å². The molecule has 1 aliphatic heterocycles. The van der Waals surface area contributed by atoms with Crippen LogP contribution in [0, 0.1) is 0 Å². The van der Waals surface area contributed by atoms with Crippen molar-refractivity contribution in [3.8, 4) is 11.5 Å². The van der Waals surface area contributed by atoms with Gasteiger partial charge in [-0.2, -0.15) is 4.31 Å². The largest absolute Gasteiger partial charge is 0.493 e. The molecule has 0 N–H and O–H groups in total. The molecular formula is C20H22BrNO6S. The molecule has 9 heteroatoms. The van der Waals surface area contributed by atoms with E-state index in [4.69, 9.17) is 14.2 Å². The van der Waals surface area contributed by atoms with Crippen molar-refractivity contribution in [3.63, 3.8) is 0 Å². The summed E-state index contributed by atoms with van der Waals surface area (Å²) in [5.74, 6) is 0.546. The smallest absolute Gasteiger partial charge is 0.307 e. The van der Waals surface area contributed by atoms with E-state index in [0.717, 1.165) is 10.0 Å². The predicted molar refractivity (Wildman–Crippen MR) is 111 cm³/mol. The maximum absolute atomic E-state index is 13.4. The van der Waals surface area contributed by atoms with Gasteiger partial charge in [-0.25, -0.2) is 8.42 Å². The maximum atomic E-state index is 13.4. The van der Waals surface area contributed by atoms with Crippen molar-refractivity contribution in [2.24, 2.45) is 0 Å². The predicted octanol–water partition coefficient (Wildman–Crippen LogP) is 3.32. The van der Waals surface area contributed by atoms with Crippen LogP contribution in [-0.2, 0) is 26.0 Å². The molecule has 2 aromatic rings. The maximum Gasteiger partial charge on any atom is 0.307 e. The van der Waals surface area contributed by atoms with Gasteiger partial charge in [-0.3, -0.25) is 4.79 Å². The molecule has 3 rings (SSSR count). The lowest BCUT2D eigenvalue weighted by atomic mass is 9.91. The van der Waals surface area contributed by atoms with Crippen LogP contribution < -0.4 is 9.47 Å². The van der Waals surface area contributed by atoms with Crippen molar-refractivity contribution in [1.29, 1.82) is 0 Å². The normalized spacial score (nSPS) is 16.8. The standard InChI is InChI=1S/C20H22BrNO6S/c1-26-18-10-13-8-9-22(29(24,25)15-6-4-14(21)5-7-15)17(12-20(23)28-3)16(13)11-19(18)27-2/h4-7,10-11,17H,8-9,12H2,1-3H3. The number of sulfonamides is 1. The number of fused-ring (bicyclic) bond motifs is 1. The van der Waals surface area contributed by atoms with Crippen LogP contribution in [0.15, 0.2) is 45.8 Å². The average Bonchev–Trinajstić information content (AvgIpc) is 2.72. The summed E-state index contributed by atoms with van der Waals surface area (Å²) in [7, 11) is 0.516. The summed E-state index contributed by atoms with van der Waals surface area (Å²) < 4.78 is 44.5. The monoisotopic (exact) mass is 483 g/mol. The van der Waals surface area contributed by atoms with E-state index in [1.165, 1.54) is 18.5 Å². The number of esters is 1. The Balaban J connectivity index is 2.11. The second-order valence-electron chi connectivity index (χ2n) is 6.52. The molecule has 0 radical (unpaired) electrons. The van der Waals surface area contributed by atoms with Crippen molar-refractivity contribution >= 4 is 31.9 Å². The minimum atomic E-state index is -3.83. The second kappa shape index (κ2) is 8.73. The number of hydrogen-bond acceptors (Lipinski definition) is 6. The second-order valence-corrected chi connectivity index (χ2v) is 9.33. The summed E-state index contributed by atoms with van der Waals surface area (Å²) >= 11 is 3.32. The Bertz CT molecular complexity index is 1010. The molecule has 1 unspecified atom stereocenters. The van der Waals surface area contributed by atoms with Gasteiger partial charge in [0.25, 0.3) is 0 Å². The third-order valence-corrected chi connectivity index (χ3v) is 7.41. The Morgan fingerprint density at radius 1 is 1.10 bits per heavy atom. The molecule has 1 aliphatic rings. The van der Waals surface area contributed by atoms with Crippen LogP contribution in [0.4, 0.5) is 0 Å². The van der Waals surface area contributed by atoms with E-state index in [2.05, 4.69) is 15.9 Å². The van der Waals surface area contributed by atoms with Crippen molar-refractivity contribution in [2.75, 3.05) is 27.9 Å². The number of hydrogen-bond donors (Lipinski definition) is 0. The van der Waals surface area contributed by atoms with Crippen LogP contribution in [0.1, 0.15) is 23.6 Å².